The van der Waals surface area contributed by atoms with Gasteiger partial charge in [0.15, 0.2) is 11.5 Å². The van der Waals surface area contributed by atoms with Gasteiger partial charge in [-0.2, -0.15) is 0 Å². The molecule has 0 saturated carbocycles. The van der Waals surface area contributed by atoms with Gasteiger partial charge in [-0.15, -0.1) is 0 Å². The number of carbonyl (C=O) groups excluding carboxylic acids is 1. The van der Waals surface area contributed by atoms with Crippen LogP contribution in [0.5, 0.6) is 0 Å². The van der Waals surface area contributed by atoms with Crippen molar-refractivity contribution in [1.82, 2.24) is 5.16 Å². The quantitative estimate of drug-likeness (QED) is 0.896. The highest BCUT2D eigenvalue weighted by molar-refractivity contribution is 6.04. The van der Waals surface area contributed by atoms with Crippen LogP contribution in [0, 0.1) is 6.92 Å². The van der Waals surface area contributed by atoms with Crippen LogP contribution in [0.4, 0.5) is 5.69 Å². The monoisotopic (exact) mass is 246 g/mol. The van der Waals surface area contributed by atoms with Gasteiger partial charge in [-0.05, 0) is 18.6 Å². The Kier molecular flexibility index (Phi) is 3.43. The fourth-order valence-electron chi connectivity index (χ4n) is 1.71. The third-order valence-corrected chi connectivity index (χ3v) is 2.72. The van der Waals surface area contributed by atoms with Gasteiger partial charge in [-0.1, -0.05) is 23.4 Å². The summed E-state index contributed by atoms with van der Waals surface area (Å²) in [6.45, 7) is 1.66. The van der Waals surface area contributed by atoms with Crippen molar-refractivity contribution in [3.05, 3.63) is 47.3 Å². The van der Waals surface area contributed by atoms with E-state index in [4.69, 9.17) is 9.63 Å². The lowest BCUT2D eigenvalue weighted by Gasteiger charge is -2.17. The summed E-state index contributed by atoms with van der Waals surface area (Å²) in [4.78, 5) is 13.7. The maximum atomic E-state index is 12.1. The molecule has 5 heteroatoms. The molecule has 1 aromatic heterocycles. The number of para-hydroxylation sites is 1. The van der Waals surface area contributed by atoms with Crippen LogP contribution in [0.15, 0.2) is 34.9 Å². The van der Waals surface area contributed by atoms with Gasteiger partial charge in [0.2, 0.25) is 0 Å². The lowest BCUT2D eigenvalue weighted by atomic mass is 10.2. The molecule has 0 atom stereocenters. The highest BCUT2D eigenvalue weighted by atomic mass is 16.5. The zero-order valence-corrected chi connectivity index (χ0v) is 10.3. The highest BCUT2D eigenvalue weighted by Gasteiger charge is 2.18. The molecule has 94 valence electrons. The van der Waals surface area contributed by atoms with Crippen LogP contribution in [-0.4, -0.2) is 23.2 Å². The van der Waals surface area contributed by atoms with Gasteiger partial charge in [-0.25, -0.2) is 0 Å². The second kappa shape index (κ2) is 5.01. The van der Waals surface area contributed by atoms with E-state index in [1.807, 2.05) is 31.2 Å². The molecular formula is C13H14N2O3. The van der Waals surface area contributed by atoms with Crippen LogP contribution in [-0.2, 0) is 6.61 Å². The minimum atomic E-state index is -0.271. The smallest absolute Gasteiger partial charge is 0.280 e. The number of aromatic nitrogens is 1. The molecule has 0 spiro atoms. The Hall–Kier alpha value is -2.14. The third kappa shape index (κ3) is 2.26. The maximum absolute atomic E-state index is 12.1. The van der Waals surface area contributed by atoms with E-state index in [-0.39, 0.29) is 24.0 Å². The second-order valence-corrected chi connectivity index (χ2v) is 3.99. The predicted molar refractivity (Wildman–Crippen MR) is 66.3 cm³/mol. The van der Waals surface area contributed by atoms with Gasteiger partial charge < -0.3 is 14.5 Å². The molecule has 0 bridgehead atoms. The topological polar surface area (TPSA) is 66.6 Å². The first-order valence-corrected chi connectivity index (χ1v) is 5.53. The Morgan fingerprint density at radius 1 is 1.44 bits per heavy atom. The van der Waals surface area contributed by atoms with E-state index in [1.54, 1.807) is 7.05 Å². The van der Waals surface area contributed by atoms with Crippen molar-refractivity contribution in [3.63, 3.8) is 0 Å². The molecule has 1 aromatic carbocycles. The van der Waals surface area contributed by atoms with Gasteiger partial charge in [0.05, 0.1) is 0 Å². The van der Waals surface area contributed by atoms with E-state index < -0.39 is 0 Å². The number of benzene rings is 1. The molecule has 0 aliphatic heterocycles. The summed E-state index contributed by atoms with van der Waals surface area (Å²) >= 11 is 0. The Morgan fingerprint density at radius 2 is 2.17 bits per heavy atom. The van der Waals surface area contributed by atoms with Crippen molar-refractivity contribution < 1.29 is 14.4 Å². The standard InChI is InChI=1S/C13H14N2O3/c1-9-5-3-4-6-12(9)15(2)13(17)11-7-10(8-16)18-14-11/h3-7,16H,8H2,1-2H3. The molecule has 1 heterocycles. The molecular weight excluding hydrogens is 232 g/mol. The molecule has 0 radical (unpaired) electrons. The van der Waals surface area contributed by atoms with Gasteiger partial charge in [0, 0.05) is 18.8 Å². The van der Waals surface area contributed by atoms with E-state index in [0.717, 1.165) is 11.3 Å². The summed E-state index contributed by atoms with van der Waals surface area (Å²) in [5.74, 6) is 0.00397. The van der Waals surface area contributed by atoms with Crippen molar-refractivity contribution in [3.8, 4) is 0 Å². The van der Waals surface area contributed by atoms with Crippen LogP contribution in [0.25, 0.3) is 0 Å². The summed E-state index contributed by atoms with van der Waals surface area (Å²) in [5, 5.41) is 12.5. The summed E-state index contributed by atoms with van der Waals surface area (Å²) in [6.07, 6.45) is 0. The van der Waals surface area contributed by atoms with Gasteiger partial charge in [0.1, 0.15) is 6.61 Å². The van der Waals surface area contributed by atoms with Gasteiger partial charge >= 0.3 is 0 Å². The van der Waals surface area contributed by atoms with E-state index in [9.17, 15) is 4.79 Å². The summed E-state index contributed by atoms with van der Waals surface area (Å²) in [5.41, 5.74) is 2.00. The van der Waals surface area contributed by atoms with E-state index in [0.29, 0.717) is 0 Å². The molecule has 5 nitrogen and oxygen atoms in total. The maximum Gasteiger partial charge on any atom is 0.280 e. The van der Waals surface area contributed by atoms with E-state index in [2.05, 4.69) is 5.16 Å². The number of carbonyl (C=O) groups is 1. The lowest BCUT2D eigenvalue weighted by molar-refractivity contribution is 0.0983. The molecule has 2 rings (SSSR count). The first-order chi connectivity index (χ1) is 8.63. The van der Waals surface area contributed by atoms with Gasteiger partial charge in [-0.3, -0.25) is 4.79 Å². The summed E-state index contributed by atoms with van der Waals surface area (Å²) < 4.78 is 4.80. The van der Waals surface area contributed by atoms with Crippen LogP contribution in [0.1, 0.15) is 21.8 Å². The first kappa shape index (κ1) is 12.3. The normalized spacial score (nSPS) is 10.4. The minimum Gasteiger partial charge on any atom is -0.388 e. The van der Waals surface area contributed by atoms with Crippen molar-refractivity contribution in [1.29, 1.82) is 0 Å². The Balaban J connectivity index is 2.26. The molecule has 0 aliphatic carbocycles. The second-order valence-electron chi connectivity index (χ2n) is 3.99. The van der Waals surface area contributed by atoms with Crippen molar-refractivity contribution in [2.24, 2.45) is 0 Å². The average molecular weight is 246 g/mol. The molecule has 0 fully saturated rings. The highest BCUT2D eigenvalue weighted by Crippen LogP contribution is 2.19. The number of rotatable bonds is 3. The Bertz CT molecular complexity index is 563. The summed E-state index contributed by atoms with van der Waals surface area (Å²) in [6, 6.07) is 9.02. The van der Waals surface area contributed by atoms with Crippen LogP contribution in [0.3, 0.4) is 0 Å². The number of aryl methyl sites for hydroxylation is 1. The fraction of sp³-hybridized carbons (Fsp3) is 0.231. The molecule has 0 unspecified atom stereocenters. The molecule has 1 N–H and O–H groups in total. The number of anilines is 1. The van der Waals surface area contributed by atoms with Crippen LogP contribution >= 0.6 is 0 Å². The van der Waals surface area contributed by atoms with Crippen molar-refractivity contribution in [2.75, 3.05) is 11.9 Å². The van der Waals surface area contributed by atoms with Crippen LogP contribution < -0.4 is 4.90 Å². The lowest BCUT2D eigenvalue weighted by Crippen LogP contribution is -2.27. The van der Waals surface area contributed by atoms with Gasteiger partial charge in [0.25, 0.3) is 5.91 Å². The SMILES string of the molecule is Cc1ccccc1N(C)C(=O)c1cc(CO)on1. The minimum absolute atomic E-state index is 0.185. The molecule has 0 aliphatic rings. The fourth-order valence-corrected chi connectivity index (χ4v) is 1.71. The molecule has 18 heavy (non-hydrogen) atoms. The van der Waals surface area contributed by atoms with Crippen molar-refractivity contribution in [2.45, 2.75) is 13.5 Å². The number of aliphatic hydroxyl groups excluding tert-OH is 1. The Morgan fingerprint density at radius 3 is 2.78 bits per heavy atom. The number of aliphatic hydroxyl groups is 1. The zero-order chi connectivity index (χ0) is 13.1. The number of amides is 1. The van der Waals surface area contributed by atoms with Crippen LogP contribution in [0.2, 0.25) is 0 Å². The molecule has 0 saturated heterocycles. The zero-order valence-electron chi connectivity index (χ0n) is 10.3. The van der Waals surface area contributed by atoms with E-state index >= 15 is 0 Å². The number of hydrogen-bond donors (Lipinski definition) is 1. The molecule has 1 amide bonds. The predicted octanol–water partition coefficient (Wildman–Crippen LogP) is 1.75. The Labute approximate surface area is 105 Å². The van der Waals surface area contributed by atoms with E-state index in [1.165, 1.54) is 11.0 Å². The summed E-state index contributed by atoms with van der Waals surface area (Å²) in [7, 11) is 1.68. The molecule has 2 aromatic rings. The first-order valence-electron chi connectivity index (χ1n) is 5.53. The van der Waals surface area contributed by atoms with Crippen molar-refractivity contribution >= 4 is 11.6 Å². The average Bonchev–Trinajstić information content (AvgIpc) is 2.86. The third-order valence-electron chi connectivity index (χ3n) is 2.72. The number of nitrogens with zero attached hydrogens (tertiary/aromatic N) is 2. The largest absolute Gasteiger partial charge is 0.388 e. The number of hydrogen-bond acceptors (Lipinski definition) is 4.